The summed E-state index contributed by atoms with van der Waals surface area (Å²) in [4.78, 5) is 0. The molecule has 2 N–H and O–H groups in total. The summed E-state index contributed by atoms with van der Waals surface area (Å²) in [5.41, 5.74) is 1.11. The fourth-order valence-corrected chi connectivity index (χ4v) is 2.17. The molecule has 0 spiro atoms. The summed E-state index contributed by atoms with van der Waals surface area (Å²) in [7, 11) is 0. The van der Waals surface area contributed by atoms with E-state index in [1.165, 1.54) is 0 Å². The van der Waals surface area contributed by atoms with Crippen LogP contribution < -0.4 is 20.1 Å². The van der Waals surface area contributed by atoms with Gasteiger partial charge in [-0.25, -0.2) is 0 Å². The van der Waals surface area contributed by atoms with Crippen molar-refractivity contribution in [1.82, 2.24) is 10.6 Å². The van der Waals surface area contributed by atoms with E-state index in [-0.39, 0.29) is 0 Å². The number of thiocarbonyl (C=S) groups is 1. The van der Waals surface area contributed by atoms with Gasteiger partial charge in [-0.3, -0.25) is 0 Å². The number of nitrogens with one attached hydrogen (secondary N) is 2. The first-order chi connectivity index (χ1) is 10.6. The normalized spacial score (nSPS) is 12.5. The molecule has 0 fully saturated rings. The Balaban J connectivity index is 1.58. The second-order valence-corrected chi connectivity index (χ2v) is 6.03. The average molecular weight is 324 g/mol. The van der Waals surface area contributed by atoms with E-state index < -0.39 is 0 Å². The lowest BCUT2D eigenvalue weighted by Gasteiger charge is -2.11. The molecule has 0 radical (unpaired) electrons. The van der Waals surface area contributed by atoms with Crippen molar-refractivity contribution in [2.24, 2.45) is 5.92 Å². The van der Waals surface area contributed by atoms with Crippen molar-refractivity contribution in [2.75, 3.05) is 26.6 Å². The van der Waals surface area contributed by atoms with Gasteiger partial charge in [0.25, 0.3) is 0 Å². The van der Waals surface area contributed by atoms with Crippen LogP contribution in [0.1, 0.15) is 25.8 Å². The number of benzene rings is 1. The zero-order valence-electron chi connectivity index (χ0n) is 13.2. The van der Waals surface area contributed by atoms with Crippen LogP contribution in [0.5, 0.6) is 11.5 Å². The Labute approximate surface area is 137 Å². The number of ether oxygens (including phenoxy) is 3. The summed E-state index contributed by atoms with van der Waals surface area (Å²) in [5, 5.41) is 7.01. The van der Waals surface area contributed by atoms with Gasteiger partial charge in [0.05, 0.1) is 0 Å². The van der Waals surface area contributed by atoms with Crippen LogP contribution in [0.15, 0.2) is 18.2 Å². The number of hydrogen-bond donors (Lipinski definition) is 2. The fraction of sp³-hybridized carbons (Fsp3) is 0.562. The van der Waals surface area contributed by atoms with Crippen LogP contribution in [-0.4, -0.2) is 31.7 Å². The lowest BCUT2D eigenvalue weighted by Crippen LogP contribution is -2.35. The van der Waals surface area contributed by atoms with E-state index in [9.17, 15) is 0 Å². The molecule has 1 heterocycles. The van der Waals surface area contributed by atoms with Gasteiger partial charge in [0.15, 0.2) is 16.6 Å². The van der Waals surface area contributed by atoms with Crippen molar-refractivity contribution in [3.63, 3.8) is 0 Å². The first-order valence-electron chi connectivity index (χ1n) is 7.63. The van der Waals surface area contributed by atoms with Crippen molar-refractivity contribution >= 4 is 17.3 Å². The van der Waals surface area contributed by atoms with Crippen molar-refractivity contribution in [1.29, 1.82) is 0 Å². The molecular weight excluding hydrogens is 300 g/mol. The van der Waals surface area contributed by atoms with Gasteiger partial charge in [0.1, 0.15) is 0 Å². The topological polar surface area (TPSA) is 51.8 Å². The molecule has 0 amide bonds. The van der Waals surface area contributed by atoms with Crippen LogP contribution in [0.4, 0.5) is 0 Å². The highest BCUT2D eigenvalue weighted by atomic mass is 32.1. The third-order valence-electron chi connectivity index (χ3n) is 3.09. The second kappa shape index (κ2) is 8.80. The van der Waals surface area contributed by atoms with Gasteiger partial charge in [-0.1, -0.05) is 19.9 Å². The van der Waals surface area contributed by atoms with Gasteiger partial charge < -0.3 is 24.8 Å². The third-order valence-corrected chi connectivity index (χ3v) is 3.38. The van der Waals surface area contributed by atoms with Gasteiger partial charge in [0.2, 0.25) is 6.79 Å². The zero-order chi connectivity index (χ0) is 15.8. The zero-order valence-corrected chi connectivity index (χ0v) is 14.0. The molecule has 0 aromatic heterocycles. The molecule has 0 bridgehead atoms. The predicted molar refractivity (Wildman–Crippen MR) is 90.3 cm³/mol. The molecule has 5 nitrogen and oxygen atoms in total. The second-order valence-electron chi connectivity index (χ2n) is 5.62. The van der Waals surface area contributed by atoms with Crippen molar-refractivity contribution in [3.8, 4) is 11.5 Å². The number of rotatable bonds is 8. The Bertz CT molecular complexity index is 494. The van der Waals surface area contributed by atoms with Crippen molar-refractivity contribution in [3.05, 3.63) is 23.8 Å². The molecule has 1 aliphatic rings. The minimum atomic E-state index is 0.297. The van der Waals surface area contributed by atoms with Crippen LogP contribution in [0, 0.1) is 5.92 Å². The molecule has 1 aromatic rings. The molecule has 2 rings (SSSR count). The van der Waals surface area contributed by atoms with E-state index in [1.807, 2.05) is 18.2 Å². The smallest absolute Gasteiger partial charge is 0.231 e. The molecule has 6 heteroatoms. The van der Waals surface area contributed by atoms with Crippen molar-refractivity contribution < 1.29 is 14.2 Å². The van der Waals surface area contributed by atoms with Gasteiger partial charge >= 0.3 is 0 Å². The Morgan fingerprint density at radius 2 is 2.09 bits per heavy atom. The standard InChI is InChI=1S/C16H24N2O3S/c1-12(2)10-19-7-3-6-17-16(22)18-9-13-4-5-14-15(8-13)21-11-20-14/h4-5,8,12H,3,6-7,9-11H2,1-2H3,(H2,17,18,22). The van der Waals surface area contributed by atoms with E-state index in [2.05, 4.69) is 24.5 Å². The highest BCUT2D eigenvalue weighted by Gasteiger charge is 2.12. The Morgan fingerprint density at radius 3 is 2.91 bits per heavy atom. The van der Waals surface area contributed by atoms with Gasteiger partial charge in [-0.2, -0.15) is 0 Å². The molecule has 0 aliphatic carbocycles. The summed E-state index contributed by atoms with van der Waals surface area (Å²) < 4.78 is 16.2. The highest BCUT2D eigenvalue weighted by molar-refractivity contribution is 7.80. The Morgan fingerprint density at radius 1 is 1.27 bits per heavy atom. The Hall–Kier alpha value is -1.53. The van der Waals surface area contributed by atoms with E-state index in [1.54, 1.807) is 0 Å². The first kappa shape index (κ1) is 16.8. The third kappa shape index (κ3) is 5.69. The van der Waals surface area contributed by atoms with Gasteiger partial charge in [0, 0.05) is 26.3 Å². The maximum atomic E-state index is 5.52. The van der Waals surface area contributed by atoms with E-state index >= 15 is 0 Å². The summed E-state index contributed by atoms with van der Waals surface area (Å²) in [6.45, 7) is 7.63. The average Bonchev–Trinajstić information content (AvgIpc) is 2.96. The van der Waals surface area contributed by atoms with Gasteiger partial charge in [-0.15, -0.1) is 0 Å². The Kier molecular flexibility index (Phi) is 6.74. The molecule has 122 valence electrons. The molecular formula is C16H24N2O3S. The molecule has 1 aromatic carbocycles. The van der Waals surface area contributed by atoms with Crippen LogP contribution in [0.3, 0.4) is 0 Å². The molecule has 0 saturated carbocycles. The number of fused-ring (bicyclic) bond motifs is 1. The lowest BCUT2D eigenvalue weighted by atomic mass is 10.2. The fourth-order valence-electron chi connectivity index (χ4n) is 1.99. The molecule has 0 unspecified atom stereocenters. The summed E-state index contributed by atoms with van der Waals surface area (Å²) in [6.07, 6.45) is 0.943. The monoisotopic (exact) mass is 324 g/mol. The van der Waals surface area contributed by atoms with Crippen LogP contribution in [0.25, 0.3) is 0 Å². The van der Waals surface area contributed by atoms with Crippen molar-refractivity contribution in [2.45, 2.75) is 26.8 Å². The lowest BCUT2D eigenvalue weighted by molar-refractivity contribution is 0.108. The quantitative estimate of drug-likeness (QED) is 0.566. The van der Waals surface area contributed by atoms with Gasteiger partial charge in [-0.05, 0) is 42.3 Å². The molecule has 0 saturated heterocycles. The highest BCUT2D eigenvalue weighted by Crippen LogP contribution is 2.32. The van der Waals surface area contributed by atoms with Crippen LogP contribution >= 0.6 is 12.2 Å². The maximum Gasteiger partial charge on any atom is 0.231 e. The summed E-state index contributed by atoms with van der Waals surface area (Å²) in [5.74, 6) is 2.17. The largest absolute Gasteiger partial charge is 0.454 e. The summed E-state index contributed by atoms with van der Waals surface area (Å²) in [6, 6.07) is 5.89. The predicted octanol–water partition coefficient (Wildman–Crippen LogP) is 2.44. The van der Waals surface area contributed by atoms with Crippen LogP contribution in [-0.2, 0) is 11.3 Å². The summed E-state index contributed by atoms with van der Waals surface area (Å²) >= 11 is 5.25. The molecule has 0 atom stereocenters. The molecule has 22 heavy (non-hydrogen) atoms. The first-order valence-corrected chi connectivity index (χ1v) is 8.04. The van der Waals surface area contributed by atoms with Crippen LogP contribution in [0.2, 0.25) is 0 Å². The minimum absolute atomic E-state index is 0.297. The minimum Gasteiger partial charge on any atom is -0.454 e. The van der Waals surface area contributed by atoms with E-state index in [0.717, 1.165) is 43.2 Å². The van der Waals surface area contributed by atoms with E-state index in [0.29, 0.717) is 24.4 Å². The maximum absolute atomic E-state index is 5.52. The van der Waals surface area contributed by atoms with E-state index in [4.69, 9.17) is 26.4 Å². The number of hydrogen-bond acceptors (Lipinski definition) is 4. The SMILES string of the molecule is CC(C)COCCCNC(=S)NCc1ccc2c(c1)OCO2. The molecule has 1 aliphatic heterocycles.